The van der Waals surface area contributed by atoms with Crippen molar-refractivity contribution in [3.63, 3.8) is 0 Å². The number of ketones is 1. The van der Waals surface area contributed by atoms with Crippen LogP contribution in [0.5, 0.6) is 0 Å². The zero-order chi connectivity index (χ0) is 29.6. The second kappa shape index (κ2) is 22.7. The van der Waals surface area contributed by atoms with Crippen LogP contribution < -0.4 is 5.32 Å². The molecule has 1 saturated heterocycles. The largest absolute Gasteiger partial charge is 0.472 e. The number of phosphoric acid groups is 1. The first kappa shape index (κ1) is 37.2. The number of ether oxygens (including phenoxy) is 2. The maximum atomic E-state index is 12.7. The second-order valence-electron chi connectivity index (χ2n) is 11.1. The van der Waals surface area contributed by atoms with Crippen molar-refractivity contribution in [1.82, 2.24) is 5.32 Å². The quantitative estimate of drug-likeness (QED) is 0.0593. The average Bonchev–Trinajstić information content (AvgIpc) is 2.89. The van der Waals surface area contributed by atoms with Crippen LogP contribution in [0.3, 0.4) is 0 Å². The predicted octanol–water partition coefficient (Wildman–Crippen LogP) is 5.70. The van der Waals surface area contributed by atoms with Gasteiger partial charge >= 0.3 is 7.82 Å². The molecule has 0 aromatic rings. The molecule has 1 rings (SSSR count). The number of aliphatic hydroxyl groups is 1. The van der Waals surface area contributed by atoms with Crippen LogP contribution >= 0.6 is 7.82 Å². The predicted molar refractivity (Wildman–Crippen MR) is 155 cm³/mol. The molecule has 236 valence electrons. The fourth-order valence-corrected chi connectivity index (χ4v) is 5.44. The van der Waals surface area contributed by atoms with Gasteiger partial charge in [-0.15, -0.1) is 0 Å². The number of hydrogen-bond donors (Lipinski definition) is 4. The fourth-order valence-electron chi connectivity index (χ4n) is 4.97. The third kappa shape index (κ3) is 18.5. The van der Waals surface area contributed by atoms with E-state index in [1.807, 2.05) is 0 Å². The summed E-state index contributed by atoms with van der Waals surface area (Å²) in [5.41, 5.74) is 0. The summed E-state index contributed by atoms with van der Waals surface area (Å²) in [4.78, 5) is 43.7. The number of Topliss-reactive ketones (excluding diaryl/α,β-unsaturated/α-hetero) is 1. The van der Waals surface area contributed by atoms with Gasteiger partial charge in [-0.1, -0.05) is 110 Å². The lowest BCUT2D eigenvalue weighted by atomic mass is 10.0. The highest BCUT2D eigenvalue weighted by Crippen LogP contribution is 2.40. The molecule has 0 saturated carbocycles. The Balaban J connectivity index is 2.50. The van der Waals surface area contributed by atoms with Gasteiger partial charge in [0.2, 0.25) is 5.91 Å². The highest BCUT2D eigenvalue weighted by molar-refractivity contribution is 7.46. The number of amides is 1. The third-order valence-corrected chi connectivity index (χ3v) is 7.73. The summed E-state index contributed by atoms with van der Waals surface area (Å²) < 4.78 is 27.4. The number of hydrogen-bond acceptors (Lipinski definition) is 7. The summed E-state index contributed by atoms with van der Waals surface area (Å²) in [6.07, 6.45) is 15.3. The van der Waals surface area contributed by atoms with Crippen LogP contribution in [0.25, 0.3) is 0 Å². The molecular weight excluding hydrogens is 537 g/mol. The SMILES string of the molecule is CCCCCCCCCCCC(=O)CC(=O)N[C@H]1[C@@H](OP(=O)(O)O)OC[C@@H](O)[C@@H]1OCCCCCCCCCC. The van der Waals surface area contributed by atoms with Gasteiger partial charge in [-0.25, -0.2) is 4.57 Å². The van der Waals surface area contributed by atoms with Crippen LogP contribution in [0, 0.1) is 0 Å². The minimum absolute atomic E-state index is 0.207. The van der Waals surface area contributed by atoms with Crippen molar-refractivity contribution in [1.29, 1.82) is 0 Å². The highest BCUT2D eigenvalue weighted by Gasteiger charge is 2.44. The molecule has 40 heavy (non-hydrogen) atoms. The Morgan fingerprint density at radius 3 is 1.85 bits per heavy atom. The zero-order valence-electron chi connectivity index (χ0n) is 24.9. The minimum Gasteiger partial charge on any atom is -0.388 e. The number of phosphoric ester groups is 1. The van der Waals surface area contributed by atoms with Gasteiger partial charge in [0, 0.05) is 13.0 Å². The number of aliphatic hydroxyl groups excluding tert-OH is 1. The molecule has 1 heterocycles. The maximum absolute atomic E-state index is 12.7. The van der Waals surface area contributed by atoms with E-state index >= 15 is 0 Å². The van der Waals surface area contributed by atoms with Crippen molar-refractivity contribution in [2.75, 3.05) is 13.2 Å². The maximum Gasteiger partial charge on any atom is 0.472 e. The topological polar surface area (TPSA) is 152 Å². The minimum atomic E-state index is -4.95. The van der Waals surface area contributed by atoms with E-state index in [2.05, 4.69) is 19.2 Å². The van der Waals surface area contributed by atoms with E-state index < -0.39 is 38.3 Å². The van der Waals surface area contributed by atoms with E-state index in [-0.39, 0.29) is 18.8 Å². The van der Waals surface area contributed by atoms with Crippen LogP contribution in [0.1, 0.15) is 136 Å². The monoisotopic (exact) mass is 593 g/mol. The molecule has 1 fully saturated rings. The van der Waals surface area contributed by atoms with Crippen molar-refractivity contribution < 1.29 is 43.0 Å². The summed E-state index contributed by atoms with van der Waals surface area (Å²) in [6.45, 7) is 4.42. The van der Waals surface area contributed by atoms with Crippen LogP contribution in [0.15, 0.2) is 0 Å². The third-order valence-electron chi connectivity index (χ3n) is 7.25. The van der Waals surface area contributed by atoms with Crippen molar-refractivity contribution in [3.05, 3.63) is 0 Å². The molecule has 11 heteroatoms. The van der Waals surface area contributed by atoms with Crippen molar-refractivity contribution >= 4 is 19.5 Å². The Morgan fingerprint density at radius 2 is 1.32 bits per heavy atom. The molecule has 0 spiro atoms. The summed E-state index contributed by atoms with van der Waals surface area (Å²) in [7, 11) is -4.95. The molecule has 4 N–H and O–H groups in total. The Morgan fingerprint density at radius 1 is 0.825 bits per heavy atom. The van der Waals surface area contributed by atoms with E-state index in [9.17, 15) is 29.0 Å². The van der Waals surface area contributed by atoms with Gasteiger partial charge < -0.3 is 29.7 Å². The first-order valence-corrected chi connectivity index (χ1v) is 17.2. The molecule has 0 aromatic heterocycles. The lowest BCUT2D eigenvalue weighted by Gasteiger charge is -2.40. The normalized spacial score (nSPS) is 21.4. The van der Waals surface area contributed by atoms with Crippen LogP contribution in [0.4, 0.5) is 0 Å². The molecule has 1 aliphatic rings. The summed E-state index contributed by atoms with van der Waals surface area (Å²) in [5.74, 6) is -0.829. The number of carbonyl (C=O) groups excluding carboxylic acids is 2. The standard InChI is InChI=1S/C29H56NO9P/c1-3-5-7-9-11-13-14-16-18-20-24(31)22-26(33)30-27-28(25(32)23-38-29(27)39-40(34,35)36)37-21-19-17-15-12-10-8-6-4-2/h25,27-29,32H,3-23H2,1-2H3,(H,30,33)(H2,34,35,36)/t25-,27-,28+,29-/m1/s1. The molecular formula is C29H56NO9P. The number of carbonyl (C=O) groups is 2. The molecule has 1 aliphatic heterocycles. The number of rotatable bonds is 25. The van der Waals surface area contributed by atoms with Crippen LogP contribution in [0.2, 0.25) is 0 Å². The summed E-state index contributed by atoms with van der Waals surface area (Å²) in [6, 6.07) is -1.18. The zero-order valence-corrected chi connectivity index (χ0v) is 25.8. The van der Waals surface area contributed by atoms with Gasteiger partial charge in [-0.05, 0) is 12.8 Å². The van der Waals surface area contributed by atoms with E-state index in [1.54, 1.807) is 0 Å². The Bertz CT molecular complexity index is 718. The number of nitrogens with one attached hydrogen (secondary N) is 1. The van der Waals surface area contributed by atoms with Gasteiger partial charge in [0.15, 0.2) is 6.29 Å². The van der Waals surface area contributed by atoms with Crippen molar-refractivity contribution in [2.45, 2.75) is 160 Å². The molecule has 0 aliphatic carbocycles. The Hall–Kier alpha value is -0.870. The van der Waals surface area contributed by atoms with Crippen molar-refractivity contribution in [3.8, 4) is 0 Å². The lowest BCUT2D eigenvalue weighted by molar-refractivity contribution is -0.218. The van der Waals surface area contributed by atoms with Gasteiger partial charge in [-0.3, -0.25) is 14.1 Å². The van der Waals surface area contributed by atoms with E-state index in [0.29, 0.717) is 13.0 Å². The van der Waals surface area contributed by atoms with Crippen LogP contribution in [-0.2, 0) is 28.2 Å². The van der Waals surface area contributed by atoms with Gasteiger partial charge in [0.1, 0.15) is 24.0 Å². The van der Waals surface area contributed by atoms with E-state index in [0.717, 1.165) is 51.4 Å². The lowest BCUT2D eigenvalue weighted by Crippen LogP contribution is -2.62. The molecule has 0 bridgehead atoms. The molecule has 0 radical (unpaired) electrons. The highest BCUT2D eigenvalue weighted by atomic mass is 31.2. The van der Waals surface area contributed by atoms with Crippen molar-refractivity contribution in [2.24, 2.45) is 0 Å². The number of unbranched alkanes of at least 4 members (excludes halogenated alkanes) is 15. The molecule has 4 atom stereocenters. The van der Waals surface area contributed by atoms with Crippen LogP contribution in [-0.4, -0.2) is 64.3 Å². The second-order valence-corrected chi connectivity index (χ2v) is 12.3. The fraction of sp³-hybridized carbons (Fsp3) is 0.931. The van der Waals surface area contributed by atoms with Gasteiger partial charge in [-0.2, -0.15) is 0 Å². The Labute approximate surface area is 241 Å². The summed E-state index contributed by atoms with van der Waals surface area (Å²) >= 11 is 0. The average molecular weight is 594 g/mol. The van der Waals surface area contributed by atoms with Gasteiger partial charge in [0.05, 0.1) is 13.0 Å². The first-order valence-electron chi connectivity index (χ1n) is 15.6. The van der Waals surface area contributed by atoms with E-state index in [4.69, 9.17) is 14.0 Å². The molecule has 0 aromatic carbocycles. The Kier molecular flexibility index (Phi) is 21.1. The molecule has 10 nitrogen and oxygen atoms in total. The molecule has 1 amide bonds. The van der Waals surface area contributed by atoms with Gasteiger partial charge in [0.25, 0.3) is 0 Å². The summed E-state index contributed by atoms with van der Waals surface area (Å²) in [5, 5.41) is 13.1. The smallest absolute Gasteiger partial charge is 0.388 e. The first-order chi connectivity index (χ1) is 19.2. The molecule has 0 unspecified atom stereocenters. The van der Waals surface area contributed by atoms with E-state index in [1.165, 1.54) is 57.8 Å².